The summed E-state index contributed by atoms with van der Waals surface area (Å²) in [7, 11) is -3.20. The Morgan fingerprint density at radius 1 is 1.28 bits per heavy atom. The van der Waals surface area contributed by atoms with Crippen molar-refractivity contribution in [2.24, 2.45) is 5.73 Å². The second kappa shape index (κ2) is 5.86. The summed E-state index contributed by atoms with van der Waals surface area (Å²) in [6.45, 7) is 5.62. The summed E-state index contributed by atoms with van der Waals surface area (Å²) >= 11 is 0. The lowest BCUT2D eigenvalue weighted by molar-refractivity contribution is 0.257. The van der Waals surface area contributed by atoms with Crippen LogP contribution in [0.2, 0.25) is 0 Å². The van der Waals surface area contributed by atoms with E-state index in [1.54, 1.807) is 4.31 Å². The molecule has 0 aliphatic carbocycles. The van der Waals surface area contributed by atoms with Gasteiger partial charge in [0, 0.05) is 25.7 Å². The Morgan fingerprint density at radius 3 is 2.67 bits per heavy atom. The first-order chi connectivity index (χ1) is 8.59. The van der Waals surface area contributed by atoms with Gasteiger partial charge in [0.2, 0.25) is 10.0 Å². The van der Waals surface area contributed by atoms with Crippen LogP contribution in [0.4, 0.5) is 0 Å². The number of hydrogen-bond acceptors (Lipinski definition) is 4. The SMILES string of the molecule is CCC(CN)S(=O)(=O)N1CCCN2CCCC2C1. The van der Waals surface area contributed by atoms with Crippen LogP contribution in [0.25, 0.3) is 0 Å². The standard InChI is InChI=1S/C12H25N3O2S/c1-2-12(9-13)18(16,17)15-8-4-7-14-6-3-5-11(14)10-15/h11-12H,2-10,13H2,1H3. The molecular weight excluding hydrogens is 250 g/mol. The van der Waals surface area contributed by atoms with Crippen molar-refractivity contribution < 1.29 is 8.42 Å². The molecular formula is C12H25N3O2S. The molecule has 2 fully saturated rings. The van der Waals surface area contributed by atoms with Crippen molar-refractivity contribution in [1.29, 1.82) is 0 Å². The second-order valence-corrected chi connectivity index (χ2v) is 7.57. The lowest BCUT2D eigenvalue weighted by atomic mass is 10.2. The zero-order chi connectivity index (χ0) is 13.2. The molecule has 2 heterocycles. The van der Waals surface area contributed by atoms with Crippen molar-refractivity contribution in [3.05, 3.63) is 0 Å². The molecule has 2 aliphatic rings. The Bertz CT molecular complexity index is 368. The third-order valence-electron chi connectivity index (χ3n) is 4.27. The topological polar surface area (TPSA) is 66.6 Å². The van der Waals surface area contributed by atoms with Gasteiger partial charge < -0.3 is 5.73 Å². The van der Waals surface area contributed by atoms with E-state index in [0.717, 1.165) is 25.9 Å². The van der Waals surface area contributed by atoms with Crippen LogP contribution < -0.4 is 5.73 Å². The predicted octanol–water partition coefficient (Wildman–Crippen LogP) is 0.224. The maximum Gasteiger partial charge on any atom is 0.218 e. The molecule has 2 N–H and O–H groups in total. The Labute approximate surface area is 110 Å². The van der Waals surface area contributed by atoms with Crippen molar-refractivity contribution >= 4 is 10.0 Å². The number of nitrogens with two attached hydrogens (primary N) is 1. The Morgan fingerprint density at radius 2 is 2.00 bits per heavy atom. The van der Waals surface area contributed by atoms with Crippen molar-refractivity contribution in [1.82, 2.24) is 9.21 Å². The Balaban J connectivity index is 2.12. The molecule has 0 saturated carbocycles. The summed E-state index contributed by atoms with van der Waals surface area (Å²) in [5.74, 6) is 0. The van der Waals surface area contributed by atoms with Crippen LogP contribution in [0.5, 0.6) is 0 Å². The fourth-order valence-electron chi connectivity index (χ4n) is 3.11. The molecule has 106 valence electrons. The zero-order valence-electron chi connectivity index (χ0n) is 11.2. The fourth-order valence-corrected chi connectivity index (χ4v) is 4.96. The molecule has 0 aromatic heterocycles. The molecule has 5 nitrogen and oxygen atoms in total. The molecule has 0 amide bonds. The predicted molar refractivity (Wildman–Crippen MR) is 72.8 cm³/mol. The molecule has 0 bridgehead atoms. The van der Waals surface area contributed by atoms with Gasteiger partial charge in [0.05, 0.1) is 5.25 Å². The highest BCUT2D eigenvalue weighted by Gasteiger charge is 2.36. The zero-order valence-corrected chi connectivity index (χ0v) is 12.0. The van der Waals surface area contributed by atoms with Gasteiger partial charge in [0.1, 0.15) is 0 Å². The highest BCUT2D eigenvalue weighted by Crippen LogP contribution is 2.24. The molecule has 2 atom stereocenters. The summed E-state index contributed by atoms with van der Waals surface area (Å²) in [6, 6.07) is 0.428. The average molecular weight is 275 g/mol. The molecule has 2 rings (SSSR count). The van der Waals surface area contributed by atoms with E-state index < -0.39 is 15.3 Å². The van der Waals surface area contributed by atoms with Gasteiger partial charge in [0.15, 0.2) is 0 Å². The number of nitrogens with zero attached hydrogens (tertiary/aromatic N) is 2. The minimum Gasteiger partial charge on any atom is -0.329 e. The third-order valence-corrected chi connectivity index (χ3v) is 6.69. The first-order valence-corrected chi connectivity index (χ1v) is 8.53. The van der Waals surface area contributed by atoms with Crippen LogP contribution >= 0.6 is 0 Å². The maximum absolute atomic E-state index is 12.5. The fraction of sp³-hybridized carbons (Fsp3) is 1.00. The van der Waals surface area contributed by atoms with Crippen LogP contribution in [0.15, 0.2) is 0 Å². The molecule has 0 radical (unpaired) electrons. The van der Waals surface area contributed by atoms with Crippen LogP contribution in [0.1, 0.15) is 32.6 Å². The van der Waals surface area contributed by atoms with Crippen molar-refractivity contribution in [3.63, 3.8) is 0 Å². The van der Waals surface area contributed by atoms with Crippen molar-refractivity contribution in [2.45, 2.75) is 43.9 Å². The van der Waals surface area contributed by atoms with E-state index in [-0.39, 0.29) is 6.54 Å². The van der Waals surface area contributed by atoms with Gasteiger partial charge >= 0.3 is 0 Å². The first-order valence-electron chi connectivity index (χ1n) is 7.02. The van der Waals surface area contributed by atoms with E-state index in [4.69, 9.17) is 5.73 Å². The summed E-state index contributed by atoms with van der Waals surface area (Å²) in [4.78, 5) is 2.44. The smallest absolute Gasteiger partial charge is 0.218 e. The molecule has 2 unspecified atom stereocenters. The number of sulfonamides is 1. The molecule has 0 aromatic carbocycles. The van der Waals surface area contributed by atoms with Gasteiger partial charge in [-0.3, -0.25) is 4.90 Å². The van der Waals surface area contributed by atoms with Crippen molar-refractivity contribution in [2.75, 3.05) is 32.7 Å². The van der Waals surface area contributed by atoms with E-state index >= 15 is 0 Å². The first kappa shape index (κ1) is 14.2. The van der Waals surface area contributed by atoms with E-state index in [0.29, 0.717) is 25.6 Å². The average Bonchev–Trinajstić information content (AvgIpc) is 2.67. The van der Waals surface area contributed by atoms with E-state index in [9.17, 15) is 8.42 Å². The Hall–Kier alpha value is -0.170. The van der Waals surface area contributed by atoms with Gasteiger partial charge in [0.25, 0.3) is 0 Å². The lowest BCUT2D eigenvalue weighted by Crippen LogP contribution is -2.45. The van der Waals surface area contributed by atoms with E-state index in [1.807, 2.05) is 6.92 Å². The van der Waals surface area contributed by atoms with Crippen LogP contribution in [0.3, 0.4) is 0 Å². The summed E-state index contributed by atoms with van der Waals surface area (Å²) < 4.78 is 26.7. The molecule has 18 heavy (non-hydrogen) atoms. The largest absolute Gasteiger partial charge is 0.329 e. The third kappa shape index (κ3) is 2.71. The monoisotopic (exact) mass is 275 g/mol. The van der Waals surface area contributed by atoms with Crippen LogP contribution in [-0.2, 0) is 10.0 Å². The van der Waals surface area contributed by atoms with Gasteiger partial charge in [-0.05, 0) is 38.8 Å². The lowest BCUT2D eigenvalue weighted by Gasteiger charge is -2.28. The highest BCUT2D eigenvalue weighted by molar-refractivity contribution is 7.89. The molecule has 0 aromatic rings. The normalized spacial score (nSPS) is 28.9. The summed E-state index contributed by atoms with van der Waals surface area (Å²) in [5.41, 5.74) is 5.61. The van der Waals surface area contributed by atoms with E-state index in [2.05, 4.69) is 4.90 Å². The molecule has 0 spiro atoms. The minimum atomic E-state index is -3.20. The quantitative estimate of drug-likeness (QED) is 0.797. The summed E-state index contributed by atoms with van der Waals surface area (Å²) in [5, 5.41) is -0.412. The molecule has 6 heteroatoms. The van der Waals surface area contributed by atoms with Gasteiger partial charge in [-0.1, -0.05) is 6.92 Å². The number of fused-ring (bicyclic) bond motifs is 1. The van der Waals surface area contributed by atoms with Gasteiger partial charge in [-0.15, -0.1) is 0 Å². The van der Waals surface area contributed by atoms with Crippen LogP contribution in [-0.4, -0.2) is 61.6 Å². The molecule has 2 saturated heterocycles. The highest BCUT2D eigenvalue weighted by atomic mass is 32.2. The van der Waals surface area contributed by atoms with Crippen LogP contribution in [0, 0.1) is 0 Å². The molecule has 2 aliphatic heterocycles. The number of hydrogen-bond donors (Lipinski definition) is 1. The van der Waals surface area contributed by atoms with Gasteiger partial charge in [-0.25, -0.2) is 12.7 Å². The van der Waals surface area contributed by atoms with Crippen molar-refractivity contribution in [3.8, 4) is 0 Å². The van der Waals surface area contributed by atoms with Gasteiger partial charge in [-0.2, -0.15) is 0 Å². The summed E-state index contributed by atoms with van der Waals surface area (Å²) in [6.07, 6.45) is 3.87. The van der Waals surface area contributed by atoms with E-state index in [1.165, 1.54) is 6.42 Å². The second-order valence-electron chi connectivity index (χ2n) is 5.35. The maximum atomic E-state index is 12.5. The number of rotatable bonds is 4. The minimum absolute atomic E-state index is 0.226. The Kier molecular flexibility index (Phi) is 4.64.